The van der Waals surface area contributed by atoms with Crippen LogP contribution in [0, 0.1) is 10.8 Å². The topological polar surface area (TPSA) is 40.5 Å². The molecule has 2 heteroatoms. The Balaban J connectivity index is 2.29. The van der Waals surface area contributed by atoms with Gasteiger partial charge in [0.1, 0.15) is 0 Å². The van der Waals surface area contributed by atoms with E-state index in [1.807, 2.05) is 0 Å². The molecule has 0 aromatic carbocycles. The fourth-order valence-corrected chi connectivity index (χ4v) is 3.36. The van der Waals surface area contributed by atoms with Gasteiger partial charge in [-0.05, 0) is 43.9 Å². The van der Waals surface area contributed by atoms with Crippen LogP contribution in [0.15, 0.2) is 11.1 Å². The average Bonchev–Trinajstić information content (AvgIpc) is 2.29. The molecule has 0 fully saturated rings. The van der Waals surface area contributed by atoms with Gasteiger partial charge in [0.25, 0.3) is 0 Å². The molecule has 16 heavy (non-hydrogen) atoms. The van der Waals surface area contributed by atoms with Crippen molar-refractivity contribution in [2.75, 3.05) is 13.2 Å². The number of aliphatic hydroxyl groups excluding tert-OH is 2. The molecule has 2 rings (SSSR count). The molecule has 0 amide bonds. The lowest BCUT2D eigenvalue weighted by Crippen LogP contribution is -2.37. The highest BCUT2D eigenvalue weighted by atomic mass is 16.3. The highest BCUT2D eigenvalue weighted by Gasteiger charge is 2.40. The number of rotatable bonds is 2. The fraction of sp³-hybridized carbons (Fsp3) is 0.857. The highest BCUT2D eigenvalue weighted by Crippen LogP contribution is 2.51. The SMILES string of the molecule is CC1(C)CCCC2=C1CC(CO)(CO)CC2. The second-order valence-corrected chi connectivity index (χ2v) is 6.31. The molecule has 0 aliphatic heterocycles. The second-order valence-electron chi connectivity index (χ2n) is 6.31. The molecule has 0 spiro atoms. The van der Waals surface area contributed by atoms with Gasteiger partial charge in [-0.2, -0.15) is 0 Å². The van der Waals surface area contributed by atoms with E-state index in [4.69, 9.17) is 0 Å². The lowest BCUT2D eigenvalue weighted by Gasteiger charge is -2.45. The Morgan fingerprint density at radius 2 is 1.75 bits per heavy atom. The molecule has 2 N–H and O–H groups in total. The van der Waals surface area contributed by atoms with Crippen molar-refractivity contribution in [1.29, 1.82) is 0 Å². The summed E-state index contributed by atoms with van der Waals surface area (Å²) in [5, 5.41) is 19.0. The van der Waals surface area contributed by atoms with E-state index in [0.717, 1.165) is 19.3 Å². The summed E-state index contributed by atoms with van der Waals surface area (Å²) >= 11 is 0. The zero-order valence-electron chi connectivity index (χ0n) is 10.6. The molecule has 0 heterocycles. The maximum atomic E-state index is 9.52. The molecule has 0 saturated heterocycles. The van der Waals surface area contributed by atoms with E-state index in [2.05, 4.69) is 13.8 Å². The molecule has 2 aliphatic carbocycles. The molecule has 0 radical (unpaired) electrons. The monoisotopic (exact) mass is 224 g/mol. The van der Waals surface area contributed by atoms with Crippen molar-refractivity contribution >= 4 is 0 Å². The lowest BCUT2D eigenvalue weighted by molar-refractivity contribution is 0.0355. The van der Waals surface area contributed by atoms with Gasteiger partial charge in [-0.15, -0.1) is 0 Å². The van der Waals surface area contributed by atoms with Crippen LogP contribution >= 0.6 is 0 Å². The molecule has 0 saturated carbocycles. The minimum absolute atomic E-state index is 0.121. The van der Waals surface area contributed by atoms with Crippen LogP contribution in [-0.4, -0.2) is 23.4 Å². The normalized spacial score (nSPS) is 27.8. The number of hydrogen-bond donors (Lipinski definition) is 2. The van der Waals surface area contributed by atoms with Crippen LogP contribution in [0.4, 0.5) is 0 Å². The van der Waals surface area contributed by atoms with E-state index in [1.165, 1.54) is 24.8 Å². The minimum Gasteiger partial charge on any atom is -0.396 e. The molecule has 0 aromatic rings. The van der Waals surface area contributed by atoms with Crippen molar-refractivity contribution < 1.29 is 10.2 Å². The van der Waals surface area contributed by atoms with Crippen LogP contribution in [0.5, 0.6) is 0 Å². The Morgan fingerprint density at radius 3 is 2.38 bits per heavy atom. The van der Waals surface area contributed by atoms with E-state index in [0.29, 0.717) is 0 Å². The van der Waals surface area contributed by atoms with Crippen LogP contribution in [-0.2, 0) is 0 Å². The first-order chi connectivity index (χ1) is 7.53. The van der Waals surface area contributed by atoms with Crippen molar-refractivity contribution in [1.82, 2.24) is 0 Å². The summed E-state index contributed by atoms with van der Waals surface area (Å²) in [5.74, 6) is 0. The predicted octanol–water partition coefficient (Wildman–Crippen LogP) is 2.65. The van der Waals surface area contributed by atoms with Crippen LogP contribution < -0.4 is 0 Å². The van der Waals surface area contributed by atoms with Crippen molar-refractivity contribution in [2.24, 2.45) is 10.8 Å². The molecule has 0 unspecified atom stereocenters. The minimum atomic E-state index is -0.243. The zero-order chi connectivity index (χ0) is 11.8. The average molecular weight is 224 g/mol. The maximum absolute atomic E-state index is 9.52. The number of allylic oxidation sites excluding steroid dienone is 2. The van der Waals surface area contributed by atoms with E-state index in [9.17, 15) is 10.2 Å². The van der Waals surface area contributed by atoms with Gasteiger partial charge in [-0.25, -0.2) is 0 Å². The summed E-state index contributed by atoms with van der Waals surface area (Å²) in [4.78, 5) is 0. The van der Waals surface area contributed by atoms with E-state index >= 15 is 0 Å². The fourth-order valence-electron chi connectivity index (χ4n) is 3.36. The molecular weight excluding hydrogens is 200 g/mol. The van der Waals surface area contributed by atoms with Gasteiger partial charge in [-0.3, -0.25) is 0 Å². The van der Waals surface area contributed by atoms with Gasteiger partial charge in [0.05, 0.1) is 13.2 Å². The Kier molecular flexibility index (Phi) is 3.15. The molecule has 0 aromatic heterocycles. The van der Waals surface area contributed by atoms with Crippen LogP contribution in [0.3, 0.4) is 0 Å². The van der Waals surface area contributed by atoms with Gasteiger partial charge in [0.15, 0.2) is 0 Å². The van der Waals surface area contributed by atoms with Gasteiger partial charge >= 0.3 is 0 Å². The molecule has 0 atom stereocenters. The summed E-state index contributed by atoms with van der Waals surface area (Å²) in [6.07, 6.45) is 6.73. The first-order valence-corrected chi connectivity index (χ1v) is 6.46. The predicted molar refractivity (Wildman–Crippen MR) is 65.1 cm³/mol. The van der Waals surface area contributed by atoms with Crippen LogP contribution in [0.25, 0.3) is 0 Å². The Morgan fingerprint density at radius 1 is 1.06 bits per heavy atom. The number of hydrogen-bond acceptors (Lipinski definition) is 2. The molecule has 92 valence electrons. The summed E-state index contributed by atoms with van der Waals surface area (Å²) in [5.41, 5.74) is 3.19. The van der Waals surface area contributed by atoms with Crippen molar-refractivity contribution in [3.63, 3.8) is 0 Å². The third-order valence-electron chi connectivity index (χ3n) is 4.70. The highest BCUT2D eigenvalue weighted by molar-refractivity contribution is 5.28. The summed E-state index contributed by atoms with van der Waals surface area (Å²) < 4.78 is 0. The van der Waals surface area contributed by atoms with E-state index in [1.54, 1.807) is 5.57 Å². The molecule has 0 bridgehead atoms. The molecule has 2 nitrogen and oxygen atoms in total. The second kappa shape index (κ2) is 4.15. The maximum Gasteiger partial charge on any atom is 0.0512 e. The standard InChI is InChI=1S/C14H24O2/c1-13(2)6-3-4-11-5-7-14(9-15,10-16)8-12(11)13/h15-16H,3-10H2,1-2H3. The third-order valence-corrected chi connectivity index (χ3v) is 4.70. The first kappa shape index (κ1) is 12.1. The summed E-state index contributed by atoms with van der Waals surface area (Å²) in [6, 6.07) is 0. The Hall–Kier alpha value is -0.340. The van der Waals surface area contributed by atoms with Gasteiger partial charge < -0.3 is 10.2 Å². The zero-order valence-corrected chi connectivity index (χ0v) is 10.6. The molecule has 2 aliphatic rings. The van der Waals surface area contributed by atoms with E-state index in [-0.39, 0.29) is 24.0 Å². The largest absolute Gasteiger partial charge is 0.396 e. The van der Waals surface area contributed by atoms with Crippen molar-refractivity contribution in [2.45, 2.75) is 52.4 Å². The smallest absolute Gasteiger partial charge is 0.0512 e. The lowest BCUT2D eigenvalue weighted by atomic mass is 9.61. The summed E-state index contributed by atoms with van der Waals surface area (Å²) in [7, 11) is 0. The Bertz CT molecular complexity index is 298. The van der Waals surface area contributed by atoms with Gasteiger partial charge in [-0.1, -0.05) is 25.0 Å². The molecular formula is C14H24O2. The van der Waals surface area contributed by atoms with Crippen LogP contribution in [0.2, 0.25) is 0 Å². The van der Waals surface area contributed by atoms with Gasteiger partial charge in [0.2, 0.25) is 0 Å². The number of aliphatic hydroxyl groups is 2. The first-order valence-electron chi connectivity index (χ1n) is 6.46. The summed E-state index contributed by atoms with van der Waals surface area (Å²) in [6.45, 7) is 4.87. The Labute approximate surface area is 98.4 Å². The quantitative estimate of drug-likeness (QED) is 0.708. The van der Waals surface area contributed by atoms with Crippen LogP contribution in [0.1, 0.15) is 52.4 Å². The third kappa shape index (κ3) is 1.93. The van der Waals surface area contributed by atoms with Crippen molar-refractivity contribution in [3.8, 4) is 0 Å². The van der Waals surface area contributed by atoms with Crippen molar-refractivity contribution in [3.05, 3.63) is 11.1 Å². The van der Waals surface area contributed by atoms with E-state index < -0.39 is 0 Å². The van der Waals surface area contributed by atoms with Gasteiger partial charge in [0, 0.05) is 5.41 Å².